The molecule has 30 heavy (non-hydrogen) atoms. The third-order valence-corrected chi connectivity index (χ3v) is 7.73. The molecule has 0 radical (unpaired) electrons. The number of aryl methyl sites for hydroxylation is 1. The second-order valence-electron chi connectivity index (χ2n) is 7.15. The van der Waals surface area contributed by atoms with Gasteiger partial charge in [0, 0.05) is 13.1 Å². The van der Waals surface area contributed by atoms with E-state index in [-0.39, 0.29) is 22.4 Å². The number of halogens is 2. The van der Waals surface area contributed by atoms with Crippen LogP contribution in [0.25, 0.3) is 0 Å². The molecule has 1 saturated heterocycles. The molecule has 2 aromatic carbocycles. The number of carbonyl (C=O) groups excluding carboxylic acids is 1. The quantitative estimate of drug-likeness (QED) is 0.661. The lowest BCUT2D eigenvalue weighted by molar-refractivity contribution is -0.120. The monoisotopic (exact) mass is 470 g/mol. The van der Waals surface area contributed by atoms with Crippen LogP contribution in [0.2, 0.25) is 10.0 Å². The van der Waals surface area contributed by atoms with Gasteiger partial charge in [0.05, 0.1) is 33.2 Å². The number of hydrogen-bond donors (Lipinski definition) is 1. The Kier molecular flexibility index (Phi) is 7.29. The Bertz CT molecular complexity index is 1040. The van der Waals surface area contributed by atoms with Crippen molar-refractivity contribution in [3.05, 3.63) is 52.0 Å². The highest BCUT2D eigenvalue weighted by molar-refractivity contribution is 7.89. The van der Waals surface area contributed by atoms with E-state index in [1.54, 1.807) is 36.4 Å². The lowest BCUT2D eigenvalue weighted by Gasteiger charge is -2.31. The molecule has 1 fully saturated rings. The topological polar surface area (TPSA) is 75.7 Å². The maximum atomic E-state index is 13.1. The maximum Gasteiger partial charge on any atom is 0.243 e. The first-order valence-corrected chi connectivity index (χ1v) is 11.9. The molecule has 1 aliphatic heterocycles. The van der Waals surface area contributed by atoms with E-state index >= 15 is 0 Å². The zero-order valence-electron chi connectivity index (χ0n) is 16.8. The molecule has 0 bridgehead atoms. The van der Waals surface area contributed by atoms with Gasteiger partial charge in [-0.2, -0.15) is 4.31 Å². The number of piperidine rings is 1. The van der Waals surface area contributed by atoms with E-state index in [2.05, 4.69) is 5.32 Å². The number of benzene rings is 2. The highest BCUT2D eigenvalue weighted by atomic mass is 35.5. The van der Waals surface area contributed by atoms with Gasteiger partial charge >= 0.3 is 0 Å². The van der Waals surface area contributed by atoms with Gasteiger partial charge in [-0.1, -0.05) is 29.3 Å². The summed E-state index contributed by atoms with van der Waals surface area (Å²) >= 11 is 12.1. The predicted octanol–water partition coefficient (Wildman–Crippen LogP) is 4.74. The molecule has 1 heterocycles. The first kappa shape index (κ1) is 22.9. The van der Waals surface area contributed by atoms with E-state index in [9.17, 15) is 13.2 Å². The van der Waals surface area contributed by atoms with Gasteiger partial charge < -0.3 is 10.1 Å². The molecule has 1 N–H and O–H groups in total. The number of rotatable bonds is 6. The molecule has 6 nitrogen and oxygen atoms in total. The van der Waals surface area contributed by atoms with Crippen molar-refractivity contribution in [3.8, 4) is 5.75 Å². The average molecular weight is 471 g/mol. The molecule has 0 unspecified atom stereocenters. The minimum absolute atomic E-state index is 0.110. The Morgan fingerprint density at radius 3 is 2.73 bits per heavy atom. The molecule has 162 valence electrons. The van der Waals surface area contributed by atoms with Gasteiger partial charge in [-0.25, -0.2) is 8.42 Å². The van der Waals surface area contributed by atoms with Crippen molar-refractivity contribution in [1.29, 1.82) is 0 Å². The number of sulfonamides is 1. The summed E-state index contributed by atoms with van der Waals surface area (Å²) in [7, 11) is -3.72. The lowest BCUT2D eigenvalue weighted by atomic mass is 9.99. The van der Waals surface area contributed by atoms with E-state index in [1.165, 1.54) is 4.31 Å². The molecule has 2 aromatic rings. The molecule has 0 aromatic heterocycles. The van der Waals surface area contributed by atoms with Crippen LogP contribution in [0, 0.1) is 12.8 Å². The number of carbonyl (C=O) groups is 1. The third kappa shape index (κ3) is 4.91. The number of anilines is 1. The van der Waals surface area contributed by atoms with Gasteiger partial charge in [0.1, 0.15) is 5.75 Å². The van der Waals surface area contributed by atoms with Crippen LogP contribution in [0.3, 0.4) is 0 Å². The maximum absolute atomic E-state index is 13.1. The second kappa shape index (κ2) is 9.56. The van der Waals surface area contributed by atoms with Crippen LogP contribution >= 0.6 is 23.2 Å². The number of nitrogens with zero attached hydrogens (tertiary/aromatic N) is 1. The lowest BCUT2D eigenvalue weighted by Crippen LogP contribution is -2.43. The van der Waals surface area contributed by atoms with Crippen LogP contribution in [0.5, 0.6) is 5.75 Å². The van der Waals surface area contributed by atoms with Crippen LogP contribution < -0.4 is 10.1 Å². The molecule has 0 spiro atoms. The summed E-state index contributed by atoms with van der Waals surface area (Å²) in [6.07, 6.45) is 1.19. The van der Waals surface area contributed by atoms with Crippen molar-refractivity contribution in [2.75, 3.05) is 25.0 Å². The van der Waals surface area contributed by atoms with E-state index in [4.69, 9.17) is 27.9 Å². The number of ether oxygens (including phenoxy) is 1. The summed E-state index contributed by atoms with van der Waals surface area (Å²) in [5.74, 6) is -0.0972. The van der Waals surface area contributed by atoms with Gasteiger partial charge in [0.15, 0.2) is 0 Å². The summed E-state index contributed by atoms with van der Waals surface area (Å²) in [5.41, 5.74) is 1.16. The standard InChI is InChI=1S/C21H24Cl2N2O4S/c1-3-29-19-10-9-16(12-14(19)2)30(27,28)25-11-5-6-15(13-25)21(26)24-18-8-4-7-17(22)20(18)23/h4,7-10,12,15H,3,5-6,11,13H2,1-2H3,(H,24,26)/t15-/m1/s1. The summed E-state index contributed by atoms with van der Waals surface area (Å²) in [6.45, 7) is 4.67. The molecule has 1 amide bonds. The Hall–Kier alpha value is -1.80. The van der Waals surface area contributed by atoms with E-state index < -0.39 is 15.9 Å². The van der Waals surface area contributed by atoms with E-state index in [0.29, 0.717) is 42.5 Å². The Morgan fingerprint density at radius 2 is 2.03 bits per heavy atom. The SMILES string of the molecule is CCOc1ccc(S(=O)(=O)N2CCC[C@@H](C(=O)Nc3cccc(Cl)c3Cl)C2)cc1C. The molecule has 3 rings (SSSR count). The largest absolute Gasteiger partial charge is 0.494 e. The van der Waals surface area contributed by atoms with Crippen molar-refractivity contribution < 1.29 is 17.9 Å². The van der Waals surface area contributed by atoms with E-state index in [0.717, 1.165) is 5.56 Å². The smallest absolute Gasteiger partial charge is 0.243 e. The Labute approximate surface area is 187 Å². The van der Waals surface area contributed by atoms with Gasteiger partial charge in [-0.15, -0.1) is 0 Å². The van der Waals surface area contributed by atoms with Crippen molar-refractivity contribution in [2.24, 2.45) is 5.92 Å². The summed E-state index contributed by atoms with van der Waals surface area (Å²) in [6, 6.07) is 9.80. The van der Waals surface area contributed by atoms with E-state index in [1.807, 2.05) is 13.8 Å². The van der Waals surface area contributed by atoms with Gasteiger partial charge in [-0.05, 0) is 62.6 Å². The molecule has 0 saturated carbocycles. The minimum Gasteiger partial charge on any atom is -0.494 e. The summed E-state index contributed by atoms with van der Waals surface area (Å²) in [4.78, 5) is 13.0. The fraction of sp³-hybridized carbons (Fsp3) is 0.381. The molecule has 1 aliphatic rings. The van der Waals surface area contributed by atoms with Gasteiger partial charge in [0.25, 0.3) is 0 Å². The Morgan fingerprint density at radius 1 is 1.27 bits per heavy atom. The van der Waals surface area contributed by atoms with Crippen molar-refractivity contribution in [1.82, 2.24) is 4.31 Å². The molecule has 9 heteroatoms. The molecule has 1 atom stereocenters. The second-order valence-corrected chi connectivity index (χ2v) is 9.88. The summed E-state index contributed by atoms with van der Waals surface area (Å²) < 4.78 is 33.2. The fourth-order valence-electron chi connectivity index (χ4n) is 3.46. The third-order valence-electron chi connectivity index (χ3n) is 5.05. The van der Waals surface area contributed by atoms with Crippen LogP contribution in [0.4, 0.5) is 5.69 Å². The zero-order valence-corrected chi connectivity index (χ0v) is 19.1. The Balaban J connectivity index is 1.75. The molecular weight excluding hydrogens is 447 g/mol. The minimum atomic E-state index is -3.72. The number of hydrogen-bond acceptors (Lipinski definition) is 4. The van der Waals surface area contributed by atoms with Crippen molar-refractivity contribution in [3.63, 3.8) is 0 Å². The average Bonchev–Trinajstić information content (AvgIpc) is 2.73. The predicted molar refractivity (Wildman–Crippen MR) is 119 cm³/mol. The molecular formula is C21H24Cl2N2O4S. The van der Waals surface area contributed by atoms with Crippen molar-refractivity contribution in [2.45, 2.75) is 31.6 Å². The highest BCUT2D eigenvalue weighted by Gasteiger charge is 2.33. The van der Waals surface area contributed by atoms with Gasteiger partial charge in [0.2, 0.25) is 15.9 Å². The van der Waals surface area contributed by atoms with Crippen LogP contribution in [0.15, 0.2) is 41.3 Å². The number of amides is 1. The number of nitrogens with one attached hydrogen (secondary N) is 1. The van der Waals surface area contributed by atoms with Gasteiger partial charge in [-0.3, -0.25) is 4.79 Å². The molecule has 0 aliphatic carbocycles. The zero-order chi connectivity index (χ0) is 21.9. The van der Waals surface area contributed by atoms with Crippen LogP contribution in [-0.4, -0.2) is 38.3 Å². The van der Waals surface area contributed by atoms with Crippen molar-refractivity contribution >= 4 is 44.8 Å². The first-order chi connectivity index (χ1) is 14.2. The first-order valence-electron chi connectivity index (χ1n) is 9.72. The summed E-state index contributed by atoms with van der Waals surface area (Å²) in [5, 5.41) is 3.37. The van der Waals surface area contributed by atoms with Crippen LogP contribution in [-0.2, 0) is 14.8 Å². The highest BCUT2D eigenvalue weighted by Crippen LogP contribution is 2.31. The van der Waals surface area contributed by atoms with Crippen LogP contribution in [0.1, 0.15) is 25.3 Å². The fourth-order valence-corrected chi connectivity index (χ4v) is 5.42. The normalized spacial score (nSPS) is 17.5.